The smallest absolute Gasteiger partial charge is 0.0583 e. The van der Waals surface area contributed by atoms with E-state index in [-0.39, 0.29) is 10.8 Å². The van der Waals surface area contributed by atoms with E-state index in [1.165, 1.54) is 71.6 Å². The first-order chi connectivity index (χ1) is 29.8. The summed E-state index contributed by atoms with van der Waals surface area (Å²) in [5.41, 5.74) is 18.3. The summed E-state index contributed by atoms with van der Waals surface area (Å²) in [6, 6.07) is 73.7. The fourth-order valence-corrected chi connectivity index (χ4v) is 10.7. The number of hydrogen-bond donors (Lipinski definition) is 0. The van der Waals surface area contributed by atoms with Crippen LogP contribution in [-0.2, 0) is 10.8 Å². The first-order valence-corrected chi connectivity index (χ1v) is 21.4. The minimum Gasteiger partial charge on any atom is -0.310 e. The summed E-state index contributed by atoms with van der Waals surface area (Å²) < 4.78 is 2.64. The summed E-state index contributed by atoms with van der Waals surface area (Å²) in [7, 11) is 0. The molecule has 292 valence electrons. The zero-order chi connectivity index (χ0) is 41.0. The number of rotatable bonds is 7. The van der Waals surface area contributed by atoms with E-state index in [1.54, 1.807) is 0 Å². The standard InChI is InChI=1S/C58H45N3/c1-57(2)49-30-19-31-50-56(49)61-54-47(48-36-43(37-52(55(48)61)58(50,3)4)59(39-20-9-5-10-21-39)40-22-11-6-12-23-40)34-38(35-51(54)57)44-32-33-53(46-29-18-17-28-45(44)46)60(41-24-13-7-14-25-41)42-26-15-8-16-27-42/h5-37H,1-4H3. The van der Waals surface area contributed by atoms with E-state index in [9.17, 15) is 0 Å². The molecule has 0 atom stereocenters. The van der Waals surface area contributed by atoms with Gasteiger partial charge in [0.15, 0.2) is 0 Å². The number of para-hydroxylation sites is 5. The van der Waals surface area contributed by atoms with Crippen molar-refractivity contribution in [2.75, 3.05) is 9.80 Å². The maximum Gasteiger partial charge on any atom is 0.0583 e. The Morgan fingerprint density at radius 1 is 0.344 bits per heavy atom. The molecule has 3 heteroatoms. The number of aromatic nitrogens is 1. The highest BCUT2D eigenvalue weighted by molar-refractivity contribution is 6.17. The fourth-order valence-electron chi connectivity index (χ4n) is 10.7. The normalized spacial score (nSPS) is 14.2. The van der Waals surface area contributed by atoms with Crippen molar-refractivity contribution in [3.8, 4) is 16.8 Å². The highest BCUT2D eigenvalue weighted by Gasteiger charge is 2.44. The molecule has 1 aromatic heterocycles. The van der Waals surface area contributed by atoms with Gasteiger partial charge in [0.2, 0.25) is 0 Å². The van der Waals surface area contributed by atoms with Crippen molar-refractivity contribution in [3.63, 3.8) is 0 Å². The van der Waals surface area contributed by atoms with Crippen LogP contribution in [0.25, 0.3) is 49.4 Å². The van der Waals surface area contributed by atoms with Crippen LogP contribution in [0, 0.1) is 0 Å². The molecule has 0 saturated heterocycles. The summed E-state index contributed by atoms with van der Waals surface area (Å²) in [5.74, 6) is 0. The van der Waals surface area contributed by atoms with Gasteiger partial charge in [0.25, 0.3) is 0 Å². The summed E-state index contributed by atoms with van der Waals surface area (Å²) >= 11 is 0. The lowest BCUT2D eigenvalue weighted by Gasteiger charge is -2.42. The van der Waals surface area contributed by atoms with E-state index < -0.39 is 0 Å². The van der Waals surface area contributed by atoms with Crippen molar-refractivity contribution in [1.29, 1.82) is 0 Å². The molecule has 0 spiro atoms. The largest absolute Gasteiger partial charge is 0.310 e. The molecular formula is C58H45N3. The zero-order valence-electron chi connectivity index (χ0n) is 34.9. The van der Waals surface area contributed by atoms with E-state index in [2.05, 4.69) is 242 Å². The van der Waals surface area contributed by atoms with Crippen molar-refractivity contribution in [3.05, 3.63) is 222 Å². The molecule has 0 amide bonds. The molecule has 0 aliphatic carbocycles. The van der Waals surface area contributed by atoms with Crippen LogP contribution < -0.4 is 9.80 Å². The third-order valence-electron chi connectivity index (χ3n) is 13.7. The molecule has 10 aromatic rings. The van der Waals surface area contributed by atoms with E-state index in [1.807, 2.05) is 0 Å². The molecule has 9 aromatic carbocycles. The number of hydrogen-bond acceptors (Lipinski definition) is 2. The molecule has 3 nitrogen and oxygen atoms in total. The molecule has 12 rings (SSSR count). The molecule has 0 unspecified atom stereocenters. The maximum atomic E-state index is 2.64. The number of benzene rings is 9. The van der Waals surface area contributed by atoms with Gasteiger partial charge in [-0.15, -0.1) is 0 Å². The first-order valence-electron chi connectivity index (χ1n) is 21.4. The second-order valence-electron chi connectivity index (χ2n) is 17.8. The second-order valence-corrected chi connectivity index (χ2v) is 17.8. The molecule has 2 aliphatic rings. The van der Waals surface area contributed by atoms with Crippen molar-refractivity contribution in [2.24, 2.45) is 0 Å². The Morgan fingerprint density at radius 3 is 1.34 bits per heavy atom. The van der Waals surface area contributed by atoms with Crippen LogP contribution in [0.5, 0.6) is 0 Å². The molecule has 2 aliphatic heterocycles. The lowest BCUT2D eigenvalue weighted by atomic mass is 9.68. The SMILES string of the molecule is CC1(C)c2cccc3c2-n2c4c1cc(-c1ccc(N(c5ccccc5)c5ccccc5)c5ccccc15)cc4c1cc(N(c4ccccc4)c4ccccc4)cc(c12)C3(C)C. The Balaban J connectivity index is 1.17. The lowest BCUT2D eigenvalue weighted by Crippen LogP contribution is -2.33. The van der Waals surface area contributed by atoms with Crippen LogP contribution >= 0.6 is 0 Å². The van der Waals surface area contributed by atoms with E-state index in [0.29, 0.717) is 0 Å². The van der Waals surface area contributed by atoms with Gasteiger partial charge in [0, 0.05) is 55.4 Å². The van der Waals surface area contributed by atoms with Crippen LogP contribution in [0.4, 0.5) is 34.1 Å². The van der Waals surface area contributed by atoms with Crippen LogP contribution in [0.2, 0.25) is 0 Å². The Morgan fingerprint density at radius 2 is 0.803 bits per heavy atom. The predicted octanol–water partition coefficient (Wildman–Crippen LogP) is 15.8. The van der Waals surface area contributed by atoms with E-state index >= 15 is 0 Å². The van der Waals surface area contributed by atoms with Crippen LogP contribution in [-0.4, -0.2) is 4.57 Å². The van der Waals surface area contributed by atoms with Gasteiger partial charge < -0.3 is 14.4 Å². The Kier molecular flexibility index (Phi) is 7.62. The van der Waals surface area contributed by atoms with Crippen LogP contribution in [0.15, 0.2) is 200 Å². The summed E-state index contributed by atoms with van der Waals surface area (Å²) in [4.78, 5) is 4.81. The number of nitrogens with zero attached hydrogens (tertiary/aromatic N) is 3. The van der Waals surface area contributed by atoms with Crippen LogP contribution in [0.3, 0.4) is 0 Å². The number of fused-ring (bicyclic) bond motifs is 2. The topological polar surface area (TPSA) is 11.4 Å². The van der Waals surface area contributed by atoms with Crippen molar-refractivity contribution >= 4 is 66.7 Å². The van der Waals surface area contributed by atoms with Gasteiger partial charge in [-0.05, 0) is 118 Å². The predicted molar refractivity (Wildman–Crippen MR) is 257 cm³/mol. The Bertz CT molecular complexity index is 3270. The molecule has 0 fully saturated rings. The third kappa shape index (κ3) is 5.10. The second kappa shape index (κ2) is 13.1. The average molecular weight is 784 g/mol. The van der Waals surface area contributed by atoms with Gasteiger partial charge in [-0.25, -0.2) is 0 Å². The molecule has 61 heavy (non-hydrogen) atoms. The quantitative estimate of drug-likeness (QED) is 0.159. The molecule has 0 N–H and O–H groups in total. The average Bonchev–Trinajstić information content (AvgIpc) is 3.63. The minimum atomic E-state index is -0.242. The minimum absolute atomic E-state index is 0.241. The van der Waals surface area contributed by atoms with Gasteiger partial charge in [0.1, 0.15) is 0 Å². The molecular weight excluding hydrogens is 739 g/mol. The molecule has 0 radical (unpaired) electrons. The molecule has 0 saturated carbocycles. The molecule has 3 heterocycles. The Hall–Kier alpha value is -7.36. The van der Waals surface area contributed by atoms with Crippen molar-refractivity contribution < 1.29 is 0 Å². The fraction of sp³-hybridized carbons (Fsp3) is 0.103. The zero-order valence-corrected chi connectivity index (χ0v) is 34.9. The third-order valence-corrected chi connectivity index (χ3v) is 13.7. The molecule has 0 bridgehead atoms. The van der Waals surface area contributed by atoms with Gasteiger partial charge in [0.05, 0.1) is 22.4 Å². The van der Waals surface area contributed by atoms with Gasteiger partial charge in [-0.2, -0.15) is 0 Å². The maximum absolute atomic E-state index is 2.64. The summed E-state index contributed by atoms with van der Waals surface area (Å²) in [6.07, 6.45) is 0. The first kappa shape index (κ1) is 35.6. The van der Waals surface area contributed by atoms with E-state index in [4.69, 9.17) is 0 Å². The van der Waals surface area contributed by atoms with Gasteiger partial charge >= 0.3 is 0 Å². The van der Waals surface area contributed by atoms with E-state index in [0.717, 1.165) is 34.1 Å². The summed E-state index contributed by atoms with van der Waals surface area (Å²) in [6.45, 7) is 9.71. The van der Waals surface area contributed by atoms with Gasteiger partial charge in [-0.3, -0.25) is 0 Å². The highest BCUT2D eigenvalue weighted by Crippen LogP contribution is 2.57. The van der Waals surface area contributed by atoms with Crippen molar-refractivity contribution in [1.82, 2.24) is 4.57 Å². The monoisotopic (exact) mass is 783 g/mol. The highest BCUT2D eigenvalue weighted by atomic mass is 15.1. The van der Waals surface area contributed by atoms with Crippen LogP contribution in [0.1, 0.15) is 49.9 Å². The Labute approximate surface area is 357 Å². The van der Waals surface area contributed by atoms with Gasteiger partial charge in [-0.1, -0.05) is 149 Å². The van der Waals surface area contributed by atoms with Crippen molar-refractivity contribution in [2.45, 2.75) is 38.5 Å². The lowest BCUT2D eigenvalue weighted by molar-refractivity contribution is 0.594. The number of anilines is 6. The summed E-state index contributed by atoms with van der Waals surface area (Å²) in [5, 5.41) is 5.02.